The van der Waals surface area contributed by atoms with Crippen LogP contribution in [-0.2, 0) is 17.7 Å². The maximum Gasteiger partial charge on any atom is 0.272 e. The average molecular weight is 393 g/mol. The maximum atomic E-state index is 13.4. The fraction of sp³-hybridized carbons (Fsp3) is 0.810. The van der Waals surface area contributed by atoms with Crippen LogP contribution in [0, 0.1) is 5.92 Å². The topological polar surface area (TPSA) is 79.6 Å². The van der Waals surface area contributed by atoms with Crippen LogP contribution in [0.3, 0.4) is 0 Å². The maximum absolute atomic E-state index is 13.4. The van der Waals surface area contributed by atoms with E-state index in [9.17, 15) is 9.90 Å². The first-order chi connectivity index (χ1) is 13.3. The number of aliphatic hydroxyl groups excluding tert-OH is 1. The van der Waals surface area contributed by atoms with E-state index in [-0.39, 0.29) is 30.3 Å². The van der Waals surface area contributed by atoms with E-state index in [4.69, 9.17) is 4.74 Å². The summed E-state index contributed by atoms with van der Waals surface area (Å²) in [6, 6.07) is 0. The first-order valence-corrected chi connectivity index (χ1v) is 10.7. The second kappa shape index (κ2) is 8.51. The molecular weight excluding hydrogens is 356 g/mol. The van der Waals surface area contributed by atoms with Gasteiger partial charge in [0.2, 0.25) is 0 Å². The van der Waals surface area contributed by atoms with E-state index < -0.39 is 0 Å². The molecule has 7 nitrogen and oxygen atoms in total. The van der Waals surface area contributed by atoms with Crippen LogP contribution in [0.1, 0.15) is 75.3 Å². The Bertz CT molecular complexity index is 692. The summed E-state index contributed by atoms with van der Waals surface area (Å²) in [5.74, 6) is 0.590. The number of ether oxygens (including phenoxy) is 1. The van der Waals surface area contributed by atoms with Crippen LogP contribution in [0.2, 0.25) is 0 Å². The highest BCUT2D eigenvalue weighted by molar-refractivity contribution is 5.94. The number of piperidine rings is 1. The van der Waals surface area contributed by atoms with Gasteiger partial charge in [-0.25, -0.2) is 0 Å². The summed E-state index contributed by atoms with van der Waals surface area (Å²) >= 11 is 0. The fourth-order valence-corrected chi connectivity index (χ4v) is 4.36. The van der Waals surface area contributed by atoms with Gasteiger partial charge in [0.15, 0.2) is 0 Å². The van der Waals surface area contributed by atoms with Crippen LogP contribution >= 0.6 is 0 Å². The minimum atomic E-state index is -0.275. The van der Waals surface area contributed by atoms with Gasteiger partial charge in [0.1, 0.15) is 5.69 Å². The number of carbonyl (C=O) groups excluding carboxylic acids is 1. The van der Waals surface area contributed by atoms with Gasteiger partial charge < -0.3 is 20.1 Å². The van der Waals surface area contributed by atoms with E-state index in [1.807, 2.05) is 30.4 Å². The van der Waals surface area contributed by atoms with Gasteiger partial charge in [-0.1, -0.05) is 13.8 Å². The molecule has 28 heavy (non-hydrogen) atoms. The van der Waals surface area contributed by atoms with Crippen LogP contribution in [0.15, 0.2) is 0 Å². The largest absolute Gasteiger partial charge is 0.394 e. The van der Waals surface area contributed by atoms with Crippen LogP contribution < -0.4 is 5.32 Å². The van der Waals surface area contributed by atoms with Crippen LogP contribution in [0.5, 0.6) is 0 Å². The van der Waals surface area contributed by atoms with E-state index >= 15 is 0 Å². The van der Waals surface area contributed by atoms with Gasteiger partial charge in [0, 0.05) is 37.2 Å². The number of nitrogens with one attached hydrogen (secondary N) is 1. The van der Waals surface area contributed by atoms with Crippen molar-refractivity contribution in [2.75, 3.05) is 26.2 Å². The lowest BCUT2D eigenvalue weighted by atomic mass is 9.87. The number of aromatic nitrogens is 2. The molecule has 2 atom stereocenters. The average Bonchev–Trinajstić information content (AvgIpc) is 3.05. The number of aliphatic hydroxyl groups is 1. The predicted octanol–water partition coefficient (Wildman–Crippen LogP) is 2.14. The van der Waals surface area contributed by atoms with Crippen molar-refractivity contribution < 1.29 is 14.6 Å². The van der Waals surface area contributed by atoms with Crippen LogP contribution in [0.4, 0.5) is 0 Å². The number of carbonyl (C=O) groups is 1. The van der Waals surface area contributed by atoms with Crippen molar-refractivity contribution in [1.82, 2.24) is 20.0 Å². The Balaban J connectivity index is 1.77. The highest BCUT2D eigenvalue weighted by Gasteiger charge is 2.38. The second-order valence-corrected chi connectivity index (χ2v) is 8.83. The summed E-state index contributed by atoms with van der Waals surface area (Å²) in [5, 5.41) is 18.2. The quantitative estimate of drug-likeness (QED) is 0.775. The van der Waals surface area contributed by atoms with Gasteiger partial charge in [0.05, 0.1) is 24.5 Å². The Morgan fingerprint density at radius 1 is 1.36 bits per heavy atom. The summed E-state index contributed by atoms with van der Waals surface area (Å²) in [7, 11) is 0. The van der Waals surface area contributed by atoms with E-state index in [0.29, 0.717) is 25.6 Å². The minimum absolute atomic E-state index is 0.0623. The van der Waals surface area contributed by atoms with Gasteiger partial charge in [0.25, 0.3) is 5.91 Å². The van der Waals surface area contributed by atoms with E-state index in [1.165, 1.54) is 0 Å². The van der Waals surface area contributed by atoms with Crippen molar-refractivity contribution in [2.24, 2.45) is 5.92 Å². The zero-order chi connectivity index (χ0) is 20.5. The molecule has 1 amide bonds. The van der Waals surface area contributed by atoms with Crippen molar-refractivity contribution >= 4 is 5.91 Å². The normalized spacial score (nSPS) is 24.5. The Kier molecular flexibility index (Phi) is 6.47. The van der Waals surface area contributed by atoms with Crippen molar-refractivity contribution in [1.29, 1.82) is 0 Å². The molecule has 0 aliphatic carbocycles. The van der Waals surface area contributed by atoms with Gasteiger partial charge in [-0.05, 0) is 46.1 Å². The molecule has 2 N–H and O–H groups in total. The summed E-state index contributed by atoms with van der Waals surface area (Å²) in [6.07, 6.45) is 2.26. The number of hydrogen-bond acceptors (Lipinski definition) is 5. The highest BCUT2D eigenvalue weighted by atomic mass is 16.5. The smallest absolute Gasteiger partial charge is 0.272 e. The molecule has 1 aromatic heterocycles. The lowest BCUT2D eigenvalue weighted by molar-refractivity contribution is -0.00719. The number of amides is 1. The Morgan fingerprint density at radius 2 is 2.04 bits per heavy atom. The van der Waals surface area contributed by atoms with Crippen LogP contribution in [-0.4, -0.2) is 63.6 Å². The molecule has 2 aliphatic heterocycles. The molecule has 0 aromatic carbocycles. The summed E-state index contributed by atoms with van der Waals surface area (Å²) < 4.78 is 7.74. The molecule has 1 aromatic rings. The molecule has 0 spiro atoms. The van der Waals surface area contributed by atoms with Gasteiger partial charge in [-0.3, -0.25) is 9.48 Å². The molecule has 3 heterocycles. The third-order valence-corrected chi connectivity index (χ3v) is 6.09. The van der Waals surface area contributed by atoms with Crippen molar-refractivity contribution in [2.45, 2.75) is 78.2 Å². The second-order valence-electron chi connectivity index (χ2n) is 8.83. The standard InChI is InChI=1S/C21H36N4O3/c1-6-25-19(17-11-15(4)28-16(5)18(17)23-25)20(27)24-9-7-21(13-26,8-10-24)22-12-14(2)3/h14-16,22,26H,6-13H2,1-5H3/t15-,16+/m0/s1. The van der Waals surface area contributed by atoms with Crippen molar-refractivity contribution in [3.05, 3.63) is 17.0 Å². The minimum Gasteiger partial charge on any atom is -0.394 e. The molecule has 0 unspecified atom stereocenters. The van der Waals surface area contributed by atoms with E-state index in [1.54, 1.807) is 0 Å². The van der Waals surface area contributed by atoms with E-state index in [2.05, 4.69) is 24.3 Å². The van der Waals surface area contributed by atoms with Gasteiger partial charge in [-0.2, -0.15) is 5.10 Å². The lowest BCUT2D eigenvalue weighted by Gasteiger charge is -2.42. The molecule has 1 fully saturated rings. The molecule has 2 aliphatic rings. The first kappa shape index (κ1) is 21.3. The third kappa shape index (κ3) is 4.11. The molecule has 0 bridgehead atoms. The molecule has 1 saturated heterocycles. The molecule has 158 valence electrons. The molecule has 0 radical (unpaired) electrons. The van der Waals surface area contributed by atoms with Crippen molar-refractivity contribution in [3.8, 4) is 0 Å². The zero-order valence-electron chi connectivity index (χ0n) is 18.0. The summed E-state index contributed by atoms with van der Waals surface area (Å²) in [4.78, 5) is 15.4. The zero-order valence-corrected chi connectivity index (χ0v) is 18.0. The molecule has 3 rings (SSSR count). The predicted molar refractivity (Wildman–Crippen MR) is 108 cm³/mol. The number of fused-ring (bicyclic) bond motifs is 1. The number of nitrogens with zero attached hydrogens (tertiary/aromatic N) is 3. The monoisotopic (exact) mass is 392 g/mol. The summed E-state index contributed by atoms with van der Waals surface area (Å²) in [6.45, 7) is 13.4. The van der Waals surface area contributed by atoms with Gasteiger partial charge >= 0.3 is 0 Å². The van der Waals surface area contributed by atoms with Gasteiger partial charge in [-0.15, -0.1) is 0 Å². The van der Waals surface area contributed by atoms with E-state index in [0.717, 1.165) is 42.8 Å². The molecule has 7 heteroatoms. The highest BCUT2D eigenvalue weighted by Crippen LogP contribution is 2.33. The Morgan fingerprint density at radius 3 is 2.61 bits per heavy atom. The number of likely N-dealkylation sites (tertiary alicyclic amines) is 1. The Labute approximate surface area is 168 Å². The first-order valence-electron chi connectivity index (χ1n) is 10.7. The lowest BCUT2D eigenvalue weighted by Crippen LogP contribution is -2.57. The third-order valence-electron chi connectivity index (χ3n) is 6.09. The number of rotatable bonds is 6. The van der Waals surface area contributed by atoms with Crippen molar-refractivity contribution in [3.63, 3.8) is 0 Å². The SMILES string of the molecule is CCn1nc2c(c1C(=O)N1CCC(CO)(NCC(C)C)CC1)C[C@H](C)O[C@@H]2C. The Hall–Kier alpha value is -1.44. The molecule has 0 saturated carbocycles. The summed E-state index contributed by atoms with van der Waals surface area (Å²) in [5.41, 5.74) is 2.41. The fourth-order valence-electron chi connectivity index (χ4n) is 4.36. The number of hydrogen-bond donors (Lipinski definition) is 2. The number of aryl methyl sites for hydroxylation is 1. The molecular formula is C21H36N4O3. The van der Waals surface area contributed by atoms with Crippen LogP contribution in [0.25, 0.3) is 0 Å².